The Kier molecular flexibility index (Phi) is 6.96. The monoisotopic (exact) mass is 475 g/mol. The Labute approximate surface area is 202 Å². The molecule has 3 aromatic rings. The van der Waals surface area contributed by atoms with E-state index in [0.29, 0.717) is 35.4 Å². The standard InChI is InChI=1S/C26H25N3O6/c1-34-20-6-3-5-19(15-20)23(30)21-22(17-7-9-18(10-8-17)26(33)35-2)29(25(32)24(21)31)13-4-12-28-14-11-27-16-28/h3,5-11,14-16,22,30H,4,12-13H2,1-2H3/b23-21+. The van der Waals surface area contributed by atoms with Gasteiger partial charge < -0.3 is 24.0 Å². The summed E-state index contributed by atoms with van der Waals surface area (Å²) >= 11 is 0. The minimum atomic E-state index is -0.823. The maximum atomic E-state index is 13.2. The quantitative estimate of drug-likeness (QED) is 0.231. The molecule has 9 heteroatoms. The number of rotatable bonds is 8. The summed E-state index contributed by atoms with van der Waals surface area (Å²) in [7, 11) is 2.79. The van der Waals surface area contributed by atoms with Crippen LogP contribution < -0.4 is 4.74 Å². The fraction of sp³-hybridized carbons (Fsp3) is 0.231. The minimum absolute atomic E-state index is 0.0169. The van der Waals surface area contributed by atoms with E-state index in [1.54, 1.807) is 61.1 Å². The van der Waals surface area contributed by atoms with E-state index in [1.807, 2.05) is 10.8 Å². The third kappa shape index (κ3) is 4.79. The molecule has 1 amide bonds. The number of Topliss-reactive ketones (excluding diaryl/α,β-unsaturated/α-hetero) is 1. The van der Waals surface area contributed by atoms with Gasteiger partial charge in [-0.25, -0.2) is 9.78 Å². The van der Waals surface area contributed by atoms with Gasteiger partial charge in [0.25, 0.3) is 11.7 Å². The molecule has 1 unspecified atom stereocenters. The van der Waals surface area contributed by atoms with Crippen molar-refractivity contribution >= 4 is 23.4 Å². The van der Waals surface area contributed by atoms with Crippen LogP contribution in [0.25, 0.3) is 5.76 Å². The SMILES string of the molecule is COC(=O)c1ccc(C2/C(=C(\O)c3cccc(OC)c3)C(=O)C(=O)N2CCCn2ccnc2)cc1. The number of aromatic nitrogens is 2. The predicted octanol–water partition coefficient (Wildman–Crippen LogP) is 3.19. The lowest BCUT2D eigenvalue weighted by molar-refractivity contribution is -0.139. The first-order chi connectivity index (χ1) is 16.9. The van der Waals surface area contributed by atoms with E-state index in [4.69, 9.17) is 9.47 Å². The van der Waals surface area contributed by atoms with Crippen LogP contribution in [0.5, 0.6) is 5.75 Å². The third-order valence-corrected chi connectivity index (χ3v) is 5.91. The van der Waals surface area contributed by atoms with Crippen molar-refractivity contribution in [2.75, 3.05) is 20.8 Å². The molecule has 0 spiro atoms. The Morgan fingerprint density at radius 2 is 1.83 bits per heavy atom. The van der Waals surface area contributed by atoms with Crippen molar-refractivity contribution in [3.05, 3.63) is 89.5 Å². The highest BCUT2D eigenvalue weighted by Gasteiger charge is 2.45. The van der Waals surface area contributed by atoms with Crippen LogP contribution in [0, 0.1) is 0 Å². The van der Waals surface area contributed by atoms with Crippen LogP contribution in [0.4, 0.5) is 0 Å². The maximum absolute atomic E-state index is 13.2. The lowest BCUT2D eigenvalue weighted by atomic mass is 9.94. The van der Waals surface area contributed by atoms with Gasteiger partial charge in [-0.1, -0.05) is 24.3 Å². The zero-order valence-electron chi connectivity index (χ0n) is 19.4. The van der Waals surface area contributed by atoms with Crippen molar-refractivity contribution < 1.29 is 29.0 Å². The second-order valence-electron chi connectivity index (χ2n) is 7.99. The van der Waals surface area contributed by atoms with Crippen LogP contribution in [0.1, 0.15) is 33.9 Å². The van der Waals surface area contributed by atoms with E-state index in [-0.39, 0.29) is 17.9 Å². The second-order valence-corrected chi connectivity index (χ2v) is 7.99. The number of aryl methyl sites for hydroxylation is 1. The fourth-order valence-electron chi connectivity index (χ4n) is 4.15. The number of likely N-dealkylation sites (tertiary alicyclic amines) is 1. The zero-order chi connectivity index (χ0) is 24.9. The largest absolute Gasteiger partial charge is 0.507 e. The highest BCUT2D eigenvalue weighted by atomic mass is 16.5. The van der Waals surface area contributed by atoms with E-state index in [2.05, 4.69) is 4.98 Å². The number of aliphatic hydroxyl groups is 1. The second kappa shape index (κ2) is 10.3. The van der Waals surface area contributed by atoms with Crippen LogP contribution >= 0.6 is 0 Å². The lowest BCUT2D eigenvalue weighted by Gasteiger charge is -2.25. The number of hydrogen-bond acceptors (Lipinski definition) is 7. The number of ether oxygens (including phenoxy) is 2. The van der Waals surface area contributed by atoms with Gasteiger partial charge in [0, 0.05) is 31.0 Å². The molecule has 1 aliphatic heterocycles. The molecule has 2 heterocycles. The summed E-state index contributed by atoms with van der Waals surface area (Å²) in [4.78, 5) is 43.6. The van der Waals surface area contributed by atoms with E-state index >= 15 is 0 Å². The molecule has 0 aliphatic carbocycles. The summed E-state index contributed by atoms with van der Waals surface area (Å²) in [5, 5.41) is 11.2. The van der Waals surface area contributed by atoms with Crippen molar-refractivity contribution in [3.63, 3.8) is 0 Å². The number of esters is 1. The summed E-state index contributed by atoms with van der Waals surface area (Å²) < 4.78 is 11.9. The van der Waals surface area contributed by atoms with Crippen LogP contribution in [0.3, 0.4) is 0 Å². The van der Waals surface area contributed by atoms with Gasteiger partial charge in [-0.15, -0.1) is 0 Å². The number of imidazole rings is 1. The van der Waals surface area contributed by atoms with Gasteiger partial charge in [0.2, 0.25) is 0 Å². The highest BCUT2D eigenvalue weighted by Crippen LogP contribution is 2.40. The van der Waals surface area contributed by atoms with Crippen LogP contribution in [0.15, 0.2) is 72.8 Å². The fourth-order valence-corrected chi connectivity index (χ4v) is 4.15. The predicted molar refractivity (Wildman–Crippen MR) is 127 cm³/mol. The Balaban J connectivity index is 1.74. The highest BCUT2D eigenvalue weighted by molar-refractivity contribution is 6.46. The van der Waals surface area contributed by atoms with Gasteiger partial charge in [0.1, 0.15) is 11.5 Å². The third-order valence-electron chi connectivity index (χ3n) is 5.91. The number of methoxy groups -OCH3 is 2. The lowest BCUT2D eigenvalue weighted by Crippen LogP contribution is -2.31. The molecular weight excluding hydrogens is 450 g/mol. The summed E-state index contributed by atoms with van der Waals surface area (Å²) in [6.45, 7) is 0.883. The van der Waals surface area contributed by atoms with E-state index in [0.717, 1.165) is 0 Å². The van der Waals surface area contributed by atoms with Gasteiger partial charge in [-0.2, -0.15) is 0 Å². The summed E-state index contributed by atoms with van der Waals surface area (Å²) in [6, 6.07) is 12.3. The number of benzene rings is 2. The van der Waals surface area contributed by atoms with Gasteiger partial charge >= 0.3 is 5.97 Å². The molecule has 2 aromatic carbocycles. The molecule has 4 rings (SSSR count). The number of ketones is 1. The first-order valence-electron chi connectivity index (χ1n) is 11.0. The average molecular weight is 476 g/mol. The van der Waals surface area contributed by atoms with Crippen molar-refractivity contribution in [1.29, 1.82) is 0 Å². The van der Waals surface area contributed by atoms with E-state index in [9.17, 15) is 19.5 Å². The molecule has 180 valence electrons. The summed E-state index contributed by atoms with van der Waals surface area (Å²) in [5.74, 6) is -1.75. The van der Waals surface area contributed by atoms with Crippen molar-refractivity contribution in [2.24, 2.45) is 0 Å². The zero-order valence-corrected chi connectivity index (χ0v) is 19.4. The Hall–Kier alpha value is -4.40. The van der Waals surface area contributed by atoms with Gasteiger partial charge in [0.15, 0.2) is 0 Å². The molecular formula is C26H25N3O6. The topological polar surface area (TPSA) is 111 Å². The summed E-state index contributed by atoms with van der Waals surface area (Å²) in [6.07, 6.45) is 5.74. The molecule has 1 N–H and O–H groups in total. The molecule has 0 saturated carbocycles. The van der Waals surface area contributed by atoms with Gasteiger partial charge in [-0.05, 0) is 36.2 Å². The van der Waals surface area contributed by atoms with Crippen LogP contribution in [-0.4, -0.2) is 58.0 Å². The molecule has 0 radical (unpaired) electrons. The van der Waals surface area contributed by atoms with Crippen molar-refractivity contribution in [2.45, 2.75) is 19.0 Å². The summed E-state index contributed by atoms with van der Waals surface area (Å²) in [5.41, 5.74) is 1.26. The smallest absolute Gasteiger partial charge is 0.337 e. The number of amides is 1. The Bertz CT molecular complexity index is 1260. The van der Waals surface area contributed by atoms with E-state index < -0.39 is 23.7 Å². The van der Waals surface area contributed by atoms with Crippen LogP contribution in [0.2, 0.25) is 0 Å². The number of carbonyl (C=O) groups is 3. The average Bonchev–Trinajstić information content (AvgIpc) is 3.50. The molecule has 1 fully saturated rings. The van der Waals surface area contributed by atoms with Crippen molar-refractivity contribution in [3.8, 4) is 5.75 Å². The first-order valence-corrected chi connectivity index (χ1v) is 11.0. The number of hydrogen-bond donors (Lipinski definition) is 1. The minimum Gasteiger partial charge on any atom is -0.507 e. The van der Waals surface area contributed by atoms with Crippen molar-refractivity contribution in [1.82, 2.24) is 14.5 Å². The van der Waals surface area contributed by atoms with E-state index in [1.165, 1.54) is 19.1 Å². The molecule has 9 nitrogen and oxygen atoms in total. The first kappa shape index (κ1) is 23.7. The van der Waals surface area contributed by atoms with Crippen LogP contribution in [-0.2, 0) is 20.9 Å². The Morgan fingerprint density at radius 3 is 2.49 bits per heavy atom. The normalized spacial score (nSPS) is 17.0. The number of aliphatic hydroxyl groups excluding tert-OH is 1. The van der Waals surface area contributed by atoms with Gasteiger partial charge in [-0.3, -0.25) is 9.59 Å². The molecule has 1 saturated heterocycles. The number of carbonyl (C=O) groups excluding carboxylic acids is 3. The molecule has 1 atom stereocenters. The molecule has 0 bridgehead atoms. The molecule has 1 aromatic heterocycles. The Morgan fingerprint density at radius 1 is 1.06 bits per heavy atom. The maximum Gasteiger partial charge on any atom is 0.337 e. The molecule has 1 aliphatic rings. The molecule has 35 heavy (non-hydrogen) atoms. The number of nitrogens with zero attached hydrogens (tertiary/aromatic N) is 3. The van der Waals surface area contributed by atoms with Gasteiger partial charge in [0.05, 0.1) is 37.7 Å².